The number of benzene rings is 2. The summed E-state index contributed by atoms with van der Waals surface area (Å²) in [5.74, 6) is -0.801. The third kappa shape index (κ3) is 4.53. The summed E-state index contributed by atoms with van der Waals surface area (Å²) in [6.07, 6.45) is 3.33. The highest BCUT2D eigenvalue weighted by Gasteiger charge is 2.27. The van der Waals surface area contributed by atoms with E-state index in [-0.39, 0.29) is 6.61 Å². The summed E-state index contributed by atoms with van der Waals surface area (Å²) in [5.41, 5.74) is 7.29. The molecule has 1 heterocycles. The van der Waals surface area contributed by atoms with E-state index in [1.165, 1.54) is 5.56 Å². The van der Waals surface area contributed by atoms with E-state index in [9.17, 15) is 14.4 Å². The zero-order valence-electron chi connectivity index (χ0n) is 16.3. The van der Waals surface area contributed by atoms with Crippen molar-refractivity contribution in [2.45, 2.75) is 31.8 Å². The zero-order chi connectivity index (χ0) is 20.9. The molecular formula is C22H22N2O6. The van der Waals surface area contributed by atoms with Crippen LogP contribution in [0.2, 0.25) is 0 Å². The molecule has 0 radical (unpaired) electrons. The Morgan fingerprint density at radius 2 is 1.73 bits per heavy atom. The predicted molar refractivity (Wildman–Crippen MR) is 106 cm³/mol. The van der Waals surface area contributed by atoms with E-state index < -0.39 is 30.5 Å². The smallest absolute Gasteiger partial charge is 0.338 e. The molecular weight excluding hydrogens is 388 g/mol. The van der Waals surface area contributed by atoms with Gasteiger partial charge < -0.3 is 14.2 Å². The number of ether oxygens (including phenoxy) is 3. The van der Waals surface area contributed by atoms with Gasteiger partial charge in [0.1, 0.15) is 6.61 Å². The lowest BCUT2D eigenvalue weighted by Crippen LogP contribution is -2.51. The van der Waals surface area contributed by atoms with Crippen LogP contribution in [0.3, 0.4) is 0 Å². The Labute approximate surface area is 173 Å². The van der Waals surface area contributed by atoms with Gasteiger partial charge in [0.2, 0.25) is 6.10 Å². The Hall–Kier alpha value is -3.55. The number of amides is 2. The molecule has 0 unspecified atom stereocenters. The molecule has 30 heavy (non-hydrogen) atoms. The maximum atomic E-state index is 12.2. The molecule has 1 atom stereocenters. The van der Waals surface area contributed by atoms with Crippen LogP contribution in [0.4, 0.5) is 0 Å². The topological polar surface area (TPSA) is 103 Å². The van der Waals surface area contributed by atoms with Gasteiger partial charge in [0.15, 0.2) is 18.1 Å². The number of aryl methyl sites for hydroxylation is 2. The van der Waals surface area contributed by atoms with E-state index in [0.29, 0.717) is 17.1 Å². The Morgan fingerprint density at radius 3 is 2.57 bits per heavy atom. The molecule has 156 valence electrons. The van der Waals surface area contributed by atoms with Crippen molar-refractivity contribution in [2.75, 3.05) is 13.2 Å². The number of carbonyl (C=O) groups excluding carboxylic acids is 3. The summed E-state index contributed by atoms with van der Waals surface area (Å²) >= 11 is 0. The molecule has 8 nitrogen and oxygen atoms in total. The first-order valence-corrected chi connectivity index (χ1v) is 9.86. The molecule has 0 fully saturated rings. The lowest BCUT2D eigenvalue weighted by molar-refractivity contribution is -0.135. The van der Waals surface area contributed by atoms with Gasteiger partial charge in [0.05, 0.1) is 5.56 Å². The highest BCUT2D eigenvalue weighted by atomic mass is 16.6. The molecule has 2 amide bonds. The maximum absolute atomic E-state index is 12.2. The highest BCUT2D eigenvalue weighted by Crippen LogP contribution is 2.30. The van der Waals surface area contributed by atoms with Crippen LogP contribution in [-0.2, 0) is 27.2 Å². The quantitative estimate of drug-likeness (QED) is 0.588. The number of hydrazine groups is 1. The van der Waals surface area contributed by atoms with Crippen molar-refractivity contribution in [3.05, 3.63) is 59.2 Å². The van der Waals surface area contributed by atoms with Gasteiger partial charge in [-0.1, -0.05) is 18.2 Å². The fourth-order valence-electron chi connectivity index (χ4n) is 3.47. The average molecular weight is 410 g/mol. The van der Waals surface area contributed by atoms with Gasteiger partial charge in [-0.15, -0.1) is 0 Å². The number of fused-ring (bicyclic) bond motifs is 2. The van der Waals surface area contributed by atoms with Crippen molar-refractivity contribution in [3.8, 4) is 11.5 Å². The maximum Gasteiger partial charge on any atom is 0.338 e. The second-order valence-electron chi connectivity index (χ2n) is 7.17. The molecule has 0 saturated carbocycles. The van der Waals surface area contributed by atoms with Crippen LogP contribution >= 0.6 is 0 Å². The van der Waals surface area contributed by atoms with E-state index in [0.717, 1.165) is 31.2 Å². The van der Waals surface area contributed by atoms with Crippen molar-refractivity contribution in [2.24, 2.45) is 0 Å². The van der Waals surface area contributed by atoms with Gasteiger partial charge in [-0.3, -0.25) is 20.4 Å². The Kier molecular flexibility index (Phi) is 5.83. The summed E-state index contributed by atoms with van der Waals surface area (Å²) in [7, 11) is 0. The second-order valence-corrected chi connectivity index (χ2v) is 7.17. The Balaban J connectivity index is 1.22. The highest BCUT2D eigenvalue weighted by molar-refractivity contribution is 5.92. The fraction of sp³-hybridized carbons (Fsp3) is 0.318. The van der Waals surface area contributed by atoms with Crippen molar-refractivity contribution in [1.82, 2.24) is 10.9 Å². The molecule has 4 rings (SSSR count). The number of nitrogens with one attached hydrogen (secondary N) is 2. The molecule has 2 N–H and O–H groups in total. The van der Waals surface area contributed by atoms with Gasteiger partial charge >= 0.3 is 5.97 Å². The van der Waals surface area contributed by atoms with Crippen LogP contribution in [0.5, 0.6) is 11.5 Å². The lowest BCUT2D eigenvalue weighted by Gasteiger charge is -2.25. The Morgan fingerprint density at radius 1 is 0.967 bits per heavy atom. The molecule has 0 spiro atoms. The molecule has 2 aliphatic rings. The van der Waals surface area contributed by atoms with Crippen LogP contribution in [0.1, 0.15) is 34.3 Å². The lowest BCUT2D eigenvalue weighted by atomic mass is 9.90. The second kappa shape index (κ2) is 8.86. The van der Waals surface area contributed by atoms with E-state index >= 15 is 0 Å². The molecule has 2 aromatic carbocycles. The van der Waals surface area contributed by atoms with Crippen molar-refractivity contribution >= 4 is 17.8 Å². The molecule has 0 aromatic heterocycles. The minimum Gasteiger partial charge on any atom is -0.485 e. The predicted octanol–water partition coefficient (Wildman–Crippen LogP) is 1.71. The molecule has 0 saturated heterocycles. The molecule has 8 heteroatoms. The van der Waals surface area contributed by atoms with Gasteiger partial charge in [-0.2, -0.15) is 0 Å². The molecule has 0 bridgehead atoms. The third-order valence-electron chi connectivity index (χ3n) is 5.04. The number of esters is 1. The molecule has 1 aliphatic carbocycles. The minimum atomic E-state index is -0.904. The monoisotopic (exact) mass is 410 g/mol. The summed E-state index contributed by atoms with van der Waals surface area (Å²) in [6, 6.07) is 12.5. The largest absolute Gasteiger partial charge is 0.485 e. The fourth-order valence-corrected chi connectivity index (χ4v) is 3.47. The standard InChI is InChI=1S/C22H22N2O6/c25-20(13-29-22(27)16-10-9-14-5-1-2-6-15(14)11-16)23-24-21(26)19-12-28-17-7-3-4-8-18(17)30-19/h3-4,7-11,19H,1-2,5-6,12-13H2,(H,23,25)(H,24,26)/t19-/m0/s1. The van der Waals surface area contributed by atoms with Crippen molar-refractivity contribution in [1.29, 1.82) is 0 Å². The van der Waals surface area contributed by atoms with E-state index in [1.807, 2.05) is 12.1 Å². The Bertz CT molecular complexity index is 974. The SMILES string of the molecule is O=C(COC(=O)c1ccc2c(c1)CCCC2)NNC(=O)[C@@H]1COc2ccccc2O1. The first-order valence-electron chi connectivity index (χ1n) is 9.86. The average Bonchev–Trinajstić information content (AvgIpc) is 2.80. The van der Waals surface area contributed by atoms with Crippen molar-refractivity contribution in [3.63, 3.8) is 0 Å². The van der Waals surface area contributed by atoms with Gasteiger partial charge in [-0.25, -0.2) is 4.79 Å². The van der Waals surface area contributed by atoms with E-state index in [1.54, 1.807) is 30.3 Å². The van der Waals surface area contributed by atoms with Crippen LogP contribution in [-0.4, -0.2) is 37.1 Å². The molecule has 1 aliphatic heterocycles. The first-order chi connectivity index (χ1) is 14.6. The summed E-state index contributed by atoms with van der Waals surface area (Å²) in [6.45, 7) is -0.493. The molecule has 2 aromatic rings. The third-order valence-corrected chi connectivity index (χ3v) is 5.04. The number of rotatable bonds is 4. The van der Waals surface area contributed by atoms with E-state index in [4.69, 9.17) is 14.2 Å². The van der Waals surface area contributed by atoms with Gasteiger partial charge in [0, 0.05) is 0 Å². The zero-order valence-corrected chi connectivity index (χ0v) is 16.3. The summed E-state index contributed by atoms with van der Waals surface area (Å²) in [4.78, 5) is 36.3. The van der Waals surface area contributed by atoms with Gasteiger partial charge in [0.25, 0.3) is 11.8 Å². The van der Waals surface area contributed by atoms with Crippen LogP contribution in [0.25, 0.3) is 0 Å². The van der Waals surface area contributed by atoms with E-state index in [2.05, 4.69) is 10.9 Å². The summed E-state index contributed by atoms with van der Waals surface area (Å²) < 4.78 is 16.1. The first kappa shape index (κ1) is 19.8. The van der Waals surface area contributed by atoms with Crippen molar-refractivity contribution < 1.29 is 28.6 Å². The van der Waals surface area contributed by atoms with Crippen LogP contribution in [0, 0.1) is 0 Å². The summed E-state index contributed by atoms with van der Waals surface area (Å²) in [5, 5.41) is 0. The normalized spacial score (nSPS) is 16.7. The number of para-hydroxylation sites is 2. The minimum absolute atomic E-state index is 0.0199. The van der Waals surface area contributed by atoms with Gasteiger partial charge in [-0.05, 0) is 61.1 Å². The number of hydrogen-bond acceptors (Lipinski definition) is 6. The number of hydrogen-bond donors (Lipinski definition) is 2. The van der Waals surface area contributed by atoms with Crippen LogP contribution in [0.15, 0.2) is 42.5 Å². The van der Waals surface area contributed by atoms with Crippen LogP contribution < -0.4 is 20.3 Å². The number of carbonyl (C=O) groups is 3.